The van der Waals surface area contributed by atoms with E-state index in [1.165, 1.54) is 0 Å². The molecule has 0 aromatic carbocycles. The van der Waals surface area contributed by atoms with Crippen LogP contribution >= 0.6 is 0 Å². The minimum atomic E-state index is -3.51. The molecule has 0 fully saturated rings. The Labute approximate surface area is 99.7 Å². The summed E-state index contributed by atoms with van der Waals surface area (Å²) in [6.07, 6.45) is 2.64. The van der Waals surface area contributed by atoms with E-state index in [4.69, 9.17) is 0 Å². The van der Waals surface area contributed by atoms with E-state index in [-0.39, 0.29) is 25.7 Å². The SMILES string of the molecule is O=CCCC[C](=O)[Ti](=[O])[C](=O)CCCC=O. The molecule has 0 saturated carbocycles. The molecule has 0 saturated heterocycles. The first-order valence-corrected chi connectivity index (χ1v) is 7.31. The van der Waals surface area contributed by atoms with Crippen molar-refractivity contribution in [2.45, 2.75) is 38.5 Å². The second kappa shape index (κ2) is 9.42. The van der Waals surface area contributed by atoms with Crippen LogP contribution in [0.25, 0.3) is 0 Å². The number of aldehydes is 2. The van der Waals surface area contributed by atoms with Gasteiger partial charge in [0.25, 0.3) is 0 Å². The van der Waals surface area contributed by atoms with Crippen LogP contribution in [0.2, 0.25) is 0 Å². The van der Waals surface area contributed by atoms with E-state index in [9.17, 15) is 22.5 Å². The molecule has 0 radical (unpaired) electrons. The van der Waals surface area contributed by atoms with Gasteiger partial charge in [0.15, 0.2) is 0 Å². The zero-order valence-electron chi connectivity index (χ0n) is 8.94. The Hall–Kier alpha value is -0.806. The Kier molecular flexibility index (Phi) is 8.95. The molecule has 0 aromatic heterocycles. The van der Waals surface area contributed by atoms with Gasteiger partial charge < -0.3 is 0 Å². The molecular weight excluding hydrogens is 248 g/mol. The summed E-state index contributed by atoms with van der Waals surface area (Å²) < 4.78 is 10.4. The topological polar surface area (TPSA) is 85.3 Å². The predicted molar refractivity (Wildman–Crippen MR) is 50.5 cm³/mol. The van der Waals surface area contributed by atoms with Gasteiger partial charge in [-0.1, -0.05) is 0 Å². The van der Waals surface area contributed by atoms with Gasteiger partial charge in [-0.15, -0.1) is 0 Å². The fourth-order valence-electron chi connectivity index (χ4n) is 1.07. The van der Waals surface area contributed by atoms with Crippen molar-refractivity contribution in [3.8, 4) is 0 Å². The summed E-state index contributed by atoms with van der Waals surface area (Å²) in [6, 6.07) is 0. The van der Waals surface area contributed by atoms with Crippen LogP contribution in [-0.2, 0) is 40.3 Å². The number of carbonyl (C=O) groups is 4. The summed E-state index contributed by atoms with van der Waals surface area (Å²) >= 11 is -3.51. The molecule has 0 aliphatic rings. The van der Waals surface area contributed by atoms with E-state index in [0.717, 1.165) is 0 Å². The number of hydrogen-bond donors (Lipinski definition) is 0. The average molecular weight is 262 g/mol. The summed E-state index contributed by atoms with van der Waals surface area (Å²) in [7, 11) is 0. The van der Waals surface area contributed by atoms with Gasteiger partial charge in [0.05, 0.1) is 0 Å². The van der Waals surface area contributed by atoms with Crippen LogP contribution in [0.4, 0.5) is 0 Å². The molecule has 0 aliphatic heterocycles. The Morgan fingerprint density at radius 2 is 1.25 bits per heavy atom. The molecule has 5 nitrogen and oxygen atoms in total. The van der Waals surface area contributed by atoms with Crippen molar-refractivity contribution in [1.29, 1.82) is 0 Å². The third-order valence-electron chi connectivity index (χ3n) is 1.96. The molecule has 88 valence electrons. The molecule has 0 amide bonds. The second-order valence-corrected chi connectivity index (χ2v) is 6.06. The minimum absolute atomic E-state index is 0.0387. The maximum atomic E-state index is 11.4. The zero-order valence-corrected chi connectivity index (χ0v) is 10.5. The molecule has 0 heterocycles. The molecule has 0 rings (SSSR count). The van der Waals surface area contributed by atoms with Crippen LogP contribution in [-0.4, -0.2) is 20.7 Å². The van der Waals surface area contributed by atoms with Crippen molar-refractivity contribution in [3.05, 3.63) is 0 Å². The summed E-state index contributed by atoms with van der Waals surface area (Å²) in [5, 5.41) is 0. The molecule has 6 heteroatoms. The van der Waals surface area contributed by atoms with Crippen LogP contribution in [0.3, 0.4) is 0 Å². The normalized spacial score (nSPS) is 9.50. The first kappa shape index (κ1) is 15.2. The third kappa shape index (κ3) is 6.64. The van der Waals surface area contributed by atoms with E-state index in [1.807, 2.05) is 0 Å². The fraction of sp³-hybridized carbons (Fsp3) is 0.600. The molecule has 0 N–H and O–H groups in total. The first-order chi connectivity index (χ1) is 7.63. The van der Waals surface area contributed by atoms with Gasteiger partial charge in [-0.05, 0) is 0 Å². The average Bonchev–Trinajstić information content (AvgIpc) is 2.28. The van der Waals surface area contributed by atoms with Crippen molar-refractivity contribution < 1.29 is 40.3 Å². The van der Waals surface area contributed by atoms with Gasteiger partial charge in [0, 0.05) is 0 Å². The van der Waals surface area contributed by atoms with Crippen LogP contribution in [0.15, 0.2) is 0 Å². The van der Waals surface area contributed by atoms with Crippen molar-refractivity contribution in [3.63, 3.8) is 0 Å². The fourth-order valence-corrected chi connectivity index (χ4v) is 2.82. The van der Waals surface area contributed by atoms with E-state index >= 15 is 0 Å². The summed E-state index contributed by atoms with van der Waals surface area (Å²) in [6.45, 7) is 0. The number of rotatable bonds is 10. The van der Waals surface area contributed by atoms with E-state index in [2.05, 4.69) is 0 Å². The summed E-state index contributed by atoms with van der Waals surface area (Å²) in [5.41, 5.74) is 0. The van der Waals surface area contributed by atoms with Crippen molar-refractivity contribution >= 4 is 20.7 Å². The van der Waals surface area contributed by atoms with E-state index in [1.54, 1.807) is 0 Å². The van der Waals surface area contributed by atoms with Gasteiger partial charge in [0.1, 0.15) is 0 Å². The predicted octanol–water partition coefficient (Wildman–Crippen LogP) is 0.742. The van der Waals surface area contributed by atoms with E-state index in [0.29, 0.717) is 25.4 Å². The summed E-state index contributed by atoms with van der Waals surface area (Å²) in [5.74, 6) is 0. The Bertz CT molecular complexity index is 270. The van der Waals surface area contributed by atoms with Crippen molar-refractivity contribution in [1.82, 2.24) is 0 Å². The van der Waals surface area contributed by atoms with Crippen molar-refractivity contribution in [2.24, 2.45) is 0 Å². The Balaban J connectivity index is 3.92. The van der Waals surface area contributed by atoms with Crippen LogP contribution < -0.4 is 0 Å². The second-order valence-electron chi connectivity index (χ2n) is 3.29. The molecule has 0 bridgehead atoms. The van der Waals surface area contributed by atoms with Crippen LogP contribution in [0.5, 0.6) is 0 Å². The van der Waals surface area contributed by atoms with Gasteiger partial charge in [0.2, 0.25) is 0 Å². The molecule has 0 aromatic rings. The Morgan fingerprint density at radius 1 is 0.875 bits per heavy atom. The molecule has 0 atom stereocenters. The number of hydrogen-bond acceptors (Lipinski definition) is 5. The van der Waals surface area contributed by atoms with Gasteiger partial charge in [-0.3, -0.25) is 0 Å². The molecular formula is C10H14O5Ti. The maximum absolute atomic E-state index is 11.4. The molecule has 16 heavy (non-hydrogen) atoms. The third-order valence-corrected chi connectivity index (χ3v) is 4.32. The van der Waals surface area contributed by atoms with Gasteiger partial charge in [-0.2, -0.15) is 0 Å². The monoisotopic (exact) mass is 262 g/mol. The Morgan fingerprint density at radius 3 is 1.56 bits per heavy atom. The zero-order chi connectivity index (χ0) is 12.4. The first-order valence-electron chi connectivity index (χ1n) is 5.11. The quantitative estimate of drug-likeness (QED) is 0.329. The summed E-state index contributed by atoms with van der Waals surface area (Å²) in [4.78, 5) is 42.5. The van der Waals surface area contributed by atoms with Gasteiger partial charge >= 0.3 is 99.6 Å². The molecule has 0 unspecified atom stereocenters. The van der Waals surface area contributed by atoms with Crippen LogP contribution in [0, 0.1) is 0 Å². The number of carbonyl (C=O) groups excluding carboxylic acids is 4. The standard InChI is InChI=1S/2C5H7O2.O.Ti/c2*6-4-2-1-3-5-7;;/h2*4H,1-3H2;;. The molecule has 0 spiro atoms. The van der Waals surface area contributed by atoms with Crippen molar-refractivity contribution in [2.75, 3.05) is 0 Å². The van der Waals surface area contributed by atoms with Crippen LogP contribution in [0.1, 0.15) is 38.5 Å². The molecule has 0 aliphatic carbocycles. The van der Waals surface area contributed by atoms with E-state index < -0.39 is 26.0 Å². The van der Waals surface area contributed by atoms with Gasteiger partial charge in [-0.25, -0.2) is 0 Å². The number of unbranched alkanes of at least 4 members (excludes halogenated alkanes) is 2.